The lowest BCUT2D eigenvalue weighted by molar-refractivity contribution is -0.148. The number of carbonyl (C=O) groups excluding carboxylic acids is 2. The Balaban J connectivity index is 4.50. The van der Waals surface area contributed by atoms with Crippen molar-refractivity contribution in [1.82, 2.24) is 5.32 Å². The molecule has 3 atom stereocenters. The first kappa shape index (κ1) is 62.1. The maximum atomic E-state index is 13.2. The zero-order valence-electron chi connectivity index (χ0n) is 42.9. The van der Waals surface area contributed by atoms with E-state index >= 15 is 0 Å². The minimum absolute atomic E-state index is 0.0264. The molecule has 0 fully saturated rings. The highest BCUT2D eigenvalue weighted by atomic mass is 16.5. The van der Waals surface area contributed by atoms with E-state index < -0.39 is 18.2 Å². The molecule has 6 heteroatoms. The molecule has 3 unspecified atom stereocenters. The van der Waals surface area contributed by atoms with Crippen LogP contribution in [0.1, 0.15) is 297 Å². The smallest absolute Gasteiger partial charge is 0.306 e. The van der Waals surface area contributed by atoms with Crippen LogP contribution in [-0.2, 0) is 14.3 Å². The highest BCUT2D eigenvalue weighted by molar-refractivity contribution is 5.78. The lowest BCUT2D eigenvalue weighted by Gasteiger charge is -2.23. The normalized spacial score (nSPS) is 13.4. The van der Waals surface area contributed by atoms with Crippen LogP contribution in [0.3, 0.4) is 0 Å². The summed E-state index contributed by atoms with van der Waals surface area (Å²) in [5.41, 5.74) is 0. The summed E-state index contributed by atoms with van der Waals surface area (Å²) in [5.74, 6) is -0.593. The standard InChI is InChI=1S/C58H109NO5/c1-4-7-10-13-16-19-22-24-26-27-28-29-31-33-36-39-42-45-48-51-58(63)64-54(49-46-43-40-37-34-21-18-15-12-9-6-3)52-57(62)59-55(53-60)56(61)50-47-44-41-38-35-32-30-25-23-20-17-14-11-8-5-2/h24,26,37,40,46,49,54-56,60-61H,4-23,25,27-36,38-39,41-45,47-48,50-53H2,1-3H3,(H,59,62)/b26-24+,40-37-,49-46+. The largest absolute Gasteiger partial charge is 0.458 e. The number of amides is 1. The second kappa shape index (κ2) is 52.1. The van der Waals surface area contributed by atoms with E-state index in [4.69, 9.17) is 4.74 Å². The van der Waals surface area contributed by atoms with Crippen molar-refractivity contribution in [2.45, 2.75) is 315 Å². The van der Waals surface area contributed by atoms with Gasteiger partial charge in [-0.05, 0) is 63.9 Å². The average Bonchev–Trinajstić information content (AvgIpc) is 3.29. The van der Waals surface area contributed by atoms with Gasteiger partial charge in [-0.15, -0.1) is 0 Å². The van der Waals surface area contributed by atoms with Crippen molar-refractivity contribution >= 4 is 11.9 Å². The summed E-state index contributed by atoms with van der Waals surface area (Å²) in [7, 11) is 0. The fraction of sp³-hybridized carbons (Fsp3) is 0.862. The number of hydrogen-bond donors (Lipinski definition) is 3. The van der Waals surface area contributed by atoms with Gasteiger partial charge in [0, 0.05) is 6.42 Å². The van der Waals surface area contributed by atoms with Gasteiger partial charge in [-0.2, -0.15) is 0 Å². The minimum Gasteiger partial charge on any atom is -0.458 e. The van der Waals surface area contributed by atoms with Gasteiger partial charge in [0.25, 0.3) is 0 Å². The Hall–Kier alpha value is -1.92. The molecule has 0 spiro atoms. The number of hydrogen-bond acceptors (Lipinski definition) is 5. The van der Waals surface area contributed by atoms with Crippen molar-refractivity contribution in [3.63, 3.8) is 0 Å². The van der Waals surface area contributed by atoms with E-state index in [9.17, 15) is 19.8 Å². The van der Waals surface area contributed by atoms with Crippen LogP contribution < -0.4 is 5.32 Å². The van der Waals surface area contributed by atoms with E-state index in [1.807, 2.05) is 12.2 Å². The summed E-state index contributed by atoms with van der Waals surface area (Å²) in [4.78, 5) is 26.1. The molecule has 0 saturated heterocycles. The van der Waals surface area contributed by atoms with Crippen LogP contribution in [0.15, 0.2) is 36.5 Å². The van der Waals surface area contributed by atoms with Crippen LogP contribution in [0.25, 0.3) is 0 Å². The van der Waals surface area contributed by atoms with Gasteiger partial charge in [-0.1, -0.05) is 257 Å². The predicted octanol–water partition coefficient (Wildman–Crippen LogP) is 17.2. The Morgan fingerprint density at radius 1 is 0.469 bits per heavy atom. The van der Waals surface area contributed by atoms with E-state index in [2.05, 4.69) is 50.4 Å². The SMILES string of the molecule is CCCCCCCC/C=C\C/C=C/C(CC(=O)NC(CO)C(O)CCCCCCCCCCCCCCCCC)OC(=O)CCCCCCCCCCC/C=C/CCCCCCCC. The van der Waals surface area contributed by atoms with Gasteiger partial charge in [-0.3, -0.25) is 9.59 Å². The van der Waals surface area contributed by atoms with Crippen LogP contribution in [0.2, 0.25) is 0 Å². The first-order chi connectivity index (χ1) is 31.5. The number of ether oxygens (including phenoxy) is 1. The molecule has 0 rings (SSSR count). The number of esters is 1. The summed E-state index contributed by atoms with van der Waals surface area (Å²) in [5, 5.41) is 23.8. The van der Waals surface area contributed by atoms with Gasteiger partial charge >= 0.3 is 5.97 Å². The number of carbonyl (C=O) groups is 2. The van der Waals surface area contributed by atoms with E-state index in [1.165, 1.54) is 205 Å². The van der Waals surface area contributed by atoms with Crippen molar-refractivity contribution < 1.29 is 24.5 Å². The molecule has 3 N–H and O–H groups in total. The number of nitrogens with one attached hydrogen (secondary N) is 1. The molecule has 376 valence electrons. The molecule has 0 aromatic heterocycles. The van der Waals surface area contributed by atoms with Crippen LogP contribution in [0.4, 0.5) is 0 Å². The predicted molar refractivity (Wildman–Crippen MR) is 278 cm³/mol. The van der Waals surface area contributed by atoms with E-state index in [1.54, 1.807) is 0 Å². The molecule has 0 bridgehead atoms. The van der Waals surface area contributed by atoms with Crippen molar-refractivity contribution in [2.24, 2.45) is 0 Å². The number of aliphatic hydroxyl groups excluding tert-OH is 2. The summed E-state index contributed by atoms with van der Waals surface area (Å²) >= 11 is 0. The maximum absolute atomic E-state index is 13.2. The molecule has 0 heterocycles. The molecule has 0 aliphatic rings. The first-order valence-electron chi connectivity index (χ1n) is 28.2. The van der Waals surface area contributed by atoms with Crippen molar-refractivity contribution in [3.05, 3.63) is 36.5 Å². The second-order valence-electron chi connectivity index (χ2n) is 19.3. The number of allylic oxidation sites excluding steroid dienone is 5. The Labute approximate surface area is 398 Å². The van der Waals surface area contributed by atoms with Crippen molar-refractivity contribution in [2.75, 3.05) is 6.61 Å². The average molecular weight is 901 g/mol. The van der Waals surface area contributed by atoms with Crippen molar-refractivity contribution in [1.29, 1.82) is 0 Å². The molecule has 6 nitrogen and oxygen atoms in total. The maximum Gasteiger partial charge on any atom is 0.306 e. The quantitative estimate of drug-likeness (QED) is 0.0321. The number of rotatable bonds is 51. The summed E-state index contributed by atoms with van der Waals surface area (Å²) in [6, 6.07) is -0.730. The molecule has 0 saturated carbocycles. The van der Waals surface area contributed by atoms with E-state index in [0.29, 0.717) is 12.8 Å². The molecule has 0 aromatic rings. The lowest BCUT2D eigenvalue weighted by atomic mass is 10.0. The van der Waals surface area contributed by atoms with Crippen LogP contribution in [0, 0.1) is 0 Å². The molecule has 0 radical (unpaired) electrons. The van der Waals surface area contributed by atoms with Gasteiger partial charge < -0.3 is 20.3 Å². The molecule has 1 amide bonds. The van der Waals surface area contributed by atoms with Crippen LogP contribution in [-0.4, -0.2) is 46.9 Å². The fourth-order valence-electron chi connectivity index (χ4n) is 8.63. The summed E-state index contributed by atoms with van der Waals surface area (Å²) in [6.07, 6.45) is 62.5. The Morgan fingerprint density at radius 2 is 0.828 bits per heavy atom. The van der Waals surface area contributed by atoms with Crippen molar-refractivity contribution in [3.8, 4) is 0 Å². The van der Waals surface area contributed by atoms with Gasteiger partial charge in [0.2, 0.25) is 5.91 Å². The van der Waals surface area contributed by atoms with Crippen LogP contribution in [0.5, 0.6) is 0 Å². The molecular formula is C58H109NO5. The first-order valence-corrected chi connectivity index (χ1v) is 28.2. The molecular weight excluding hydrogens is 791 g/mol. The lowest BCUT2D eigenvalue weighted by Crippen LogP contribution is -2.46. The highest BCUT2D eigenvalue weighted by Crippen LogP contribution is 2.17. The molecule has 64 heavy (non-hydrogen) atoms. The van der Waals surface area contributed by atoms with E-state index in [0.717, 1.165) is 51.4 Å². The Kier molecular flexibility index (Phi) is 50.5. The molecule has 0 aliphatic heterocycles. The summed E-state index contributed by atoms with van der Waals surface area (Å²) < 4.78 is 5.85. The molecule has 0 aliphatic carbocycles. The summed E-state index contributed by atoms with van der Waals surface area (Å²) in [6.45, 7) is 6.47. The minimum atomic E-state index is -0.809. The third-order valence-corrected chi connectivity index (χ3v) is 12.9. The van der Waals surface area contributed by atoms with Gasteiger partial charge in [0.15, 0.2) is 0 Å². The Bertz CT molecular complexity index is 1060. The third-order valence-electron chi connectivity index (χ3n) is 12.9. The van der Waals surface area contributed by atoms with Gasteiger partial charge in [-0.25, -0.2) is 0 Å². The van der Waals surface area contributed by atoms with Gasteiger partial charge in [0.1, 0.15) is 6.10 Å². The number of unbranched alkanes of at least 4 members (excludes halogenated alkanes) is 35. The van der Waals surface area contributed by atoms with Gasteiger partial charge in [0.05, 0.1) is 25.2 Å². The number of aliphatic hydroxyl groups is 2. The monoisotopic (exact) mass is 900 g/mol. The zero-order valence-corrected chi connectivity index (χ0v) is 42.9. The second-order valence-corrected chi connectivity index (χ2v) is 19.3. The fourth-order valence-corrected chi connectivity index (χ4v) is 8.63. The zero-order chi connectivity index (χ0) is 46.7. The van der Waals surface area contributed by atoms with Crippen LogP contribution >= 0.6 is 0 Å². The Morgan fingerprint density at radius 3 is 1.23 bits per heavy atom. The topological polar surface area (TPSA) is 95.9 Å². The third kappa shape index (κ3) is 46.6. The molecule has 0 aromatic carbocycles. The highest BCUT2D eigenvalue weighted by Gasteiger charge is 2.23. The van der Waals surface area contributed by atoms with E-state index in [-0.39, 0.29) is 24.9 Å².